The lowest BCUT2D eigenvalue weighted by atomic mass is 9.85. The van der Waals surface area contributed by atoms with E-state index in [4.69, 9.17) is 22.1 Å². The van der Waals surface area contributed by atoms with Gasteiger partial charge in [-0.05, 0) is 37.8 Å². The van der Waals surface area contributed by atoms with Crippen LogP contribution in [0.25, 0.3) is 5.70 Å². The van der Waals surface area contributed by atoms with Crippen LogP contribution < -0.4 is 16.9 Å². The lowest BCUT2D eigenvalue weighted by molar-refractivity contribution is 0.397. The number of aromatic amines is 1. The average molecular weight is 405 g/mol. The van der Waals surface area contributed by atoms with Gasteiger partial charge in [-0.2, -0.15) is 10.5 Å². The smallest absolute Gasteiger partial charge is 0.141 e. The molecule has 3 aliphatic rings. The Balaban J connectivity index is 0.000000187. The van der Waals surface area contributed by atoms with E-state index in [0.29, 0.717) is 23.5 Å². The first kappa shape index (κ1) is 21.2. The third kappa shape index (κ3) is 4.56. The Morgan fingerprint density at radius 1 is 1.23 bits per heavy atom. The van der Waals surface area contributed by atoms with Crippen LogP contribution >= 0.6 is 0 Å². The number of H-pyrrole nitrogens is 1. The van der Waals surface area contributed by atoms with Gasteiger partial charge in [-0.3, -0.25) is 5.01 Å². The van der Waals surface area contributed by atoms with Gasteiger partial charge in [0.25, 0.3) is 0 Å². The second-order valence-corrected chi connectivity index (χ2v) is 7.57. The Bertz CT molecular complexity index is 974. The lowest BCUT2D eigenvalue weighted by Crippen LogP contribution is -2.33. The molecule has 0 radical (unpaired) electrons. The SMILES string of the molecule is CNC1=CC(C#N)=C(C#N)CC1.N/C(=C1/c2cc[nH]c2N=CN1N)C1CCCCC1. The maximum atomic E-state index is 8.67. The summed E-state index contributed by atoms with van der Waals surface area (Å²) in [5, 5.41) is 21.8. The molecule has 6 N–H and O–H groups in total. The molecule has 156 valence electrons. The highest BCUT2D eigenvalue weighted by Gasteiger charge is 2.25. The van der Waals surface area contributed by atoms with Gasteiger partial charge in [0.2, 0.25) is 0 Å². The summed E-state index contributed by atoms with van der Waals surface area (Å²) in [4.78, 5) is 7.34. The van der Waals surface area contributed by atoms with Crippen LogP contribution in [-0.4, -0.2) is 23.4 Å². The Morgan fingerprint density at radius 2 is 2.00 bits per heavy atom. The molecular formula is C22H28N8. The summed E-state index contributed by atoms with van der Waals surface area (Å²) in [6.45, 7) is 0. The first-order valence-electron chi connectivity index (χ1n) is 10.3. The lowest BCUT2D eigenvalue weighted by Gasteiger charge is -2.28. The zero-order valence-electron chi connectivity index (χ0n) is 17.3. The monoisotopic (exact) mass is 404 g/mol. The molecular weight excluding hydrogens is 376 g/mol. The van der Waals surface area contributed by atoms with E-state index in [2.05, 4.69) is 15.3 Å². The number of hydrazine groups is 1. The predicted octanol–water partition coefficient (Wildman–Crippen LogP) is 3.30. The molecule has 4 rings (SSSR count). The van der Waals surface area contributed by atoms with E-state index in [9.17, 15) is 0 Å². The molecule has 1 aromatic heterocycles. The minimum atomic E-state index is 0.453. The molecule has 1 aliphatic heterocycles. The number of nitrogens with one attached hydrogen (secondary N) is 2. The fourth-order valence-electron chi connectivity index (χ4n) is 4.03. The highest BCUT2D eigenvalue weighted by molar-refractivity contribution is 5.86. The van der Waals surface area contributed by atoms with Crippen LogP contribution in [0.2, 0.25) is 0 Å². The number of aliphatic imine (C=N–C) groups is 1. The van der Waals surface area contributed by atoms with Crippen molar-refractivity contribution in [1.82, 2.24) is 15.3 Å². The largest absolute Gasteiger partial charge is 0.400 e. The second-order valence-electron chi connectivity index (χ2n) is 7.57. The van der Waals surface area contributed by atoms with E-state index in [0.717, 1.165) is 34.9 Å². The van der Waals surface area contributed by atoms with Crippen LogP contribution in [-0.2, 0) is 0 Å². The predicted molar refractivity (Wildman–Crippen MR) is 117 cm³/mol. The van der Waals surface area contributed by atoms with Gasteiger partial charge in [0, 0.05) is 41.7 Å². The molecule has 8 nitrogen and oxygen atoms in total. The molecule has 0 saturated heterocycles. The normalized spacial score (nSPS) is 20.3. The standard InChI is InChI=1S/C13H19N5.C9H9N3/c14-11(9-4-2-1-3-5-9)12-10-6-7-16-13(10)17-8-18(12)15;1-12-9-3-2-7(5-10)8(4-9)6-11/h6-9,16H,1-5,14-15H2;4,12H,2-3H2,1H3/b12-11-;. The number of fused-ring (bicyclic) bond motifs is 1. The summed E-state index contributed by atoms with van der Waals surface area (Å²) >= 11 is 0. The molecule has 0 atom stereocenters. The molecule has 30 heavy (non-hydrogen) atoms. The van der Waals surface area contributed by atoms with E-state index in [1.165, 1.54) is 32.1 Å². The molecule has 1 saturated carbocycles. The van der Waals surface area contributed by atoms with Crippen molar-refractivity contribution in [3.63, 3.8) is 0 Å². The average Bonchev–Trinajstić information content (AvgIpc) is 3.27. The van der Waals surface area contributed by atoms with Crippen molar-refractivity contribution in [2.45, 2.75) is 44.9 Å². The highest BCUT2D eigenvalue weighted by atomic mass is 15.4. The third-order valence-corrected chi connectivity index (χ3v) is 5.73. The molecule has 0 aromatic carbocycles. The van der Waals surface area contributed by atoms with Gasteiger partial charge in [0.15, 0.2) is 0 Å². The summed E-state index contributed by atoms with van der Waals surface area (Å²) in [6, 6.07) is 6.03. The van der Waals surface area contributed by atoms with E-state index in [-0.39, 0.29) is 0 Å². The van der Waals surface area contributed by atoms with Gasteiger partial charge in [-0.1, -0.05) is 19.3 Å². The van der Waals surface area contributed by atoms with Crippen molar-refractivity contribution in [3.05, 3.63) is 46.4 Å². The first-order valence-corrected chi connectivity index (χ1v) is 10.3. The fourth-order valence-corrected chi connectivity index (χ4v) is 4.03. The maximum absolute atomic E-state index is 8.67. The number of rotatable bonds is 2. The zero-order valence-corrected chi connectivity index (χ0v) is 17.3. The molecule has 0 unspecified atom stereocenters. The van der Waals surface area contributed by atoms with E-state index >= 15 is 0 Å². The van der Waals surface area contributed by atoms with Crippen molar-refractivity contribution in [2.24, 2.45) is 22.5 Å². The van der Waals surface area contributed by atoms with Crippen LogP contribution in [0.1, 0.15) is 50.5 Å². The minimum absolute atomic E-state index is 0.453. The summed E-state index contributed by atoms with van der Waals surface area (Å²) in [5.74, 6) is 7.28. The molecule has 1 aromatic rings. The number of aromatic nitrogens is 1. The maximum Gasteiger partial charge on any atom is 0.141 e. The first-order chi connectivity index (χ1) is 14.6. The van der Waals surface area contributed by atoms with Gasteiger partial charge in [0.05, 0.1) is 17.3 Å². The van der Waals surface area contributed by atoms with Crippen LogP contribution in [0.3, 0.4) is 0 Å². The molecule has 2 aliphatic carbocycles. The van der Waals surface area contributed by atoms with Gasteiger partial charge in [-0.15, -0.1) is 0 Å². The fraction of sp³-hybridized carbons (Fsp3) is 0.409. The topological polar surface area (TPSA) is 143 Å². The van der Waals surface area contributed by atoms with E-state index in [1.807, 2.05) is 31.4 Å². The number of nitrogens with zero attached hydrogens (tertiary/aromatic N) is 4. The molecule has 0 amide bonds. The number of hydrogen-bond acceptors (Lipinski definition) is 7. The quantitative estimate of drug-likeness (QED) is 0.557. The van der Waals surface area contributed by atoms with Crippen molar-refractivity contribution in [2.75, 3.05) is 7.05 Å². The van der Waals surface area contributed by atoms with Crippen LogP contribution in [0.4, 0.5) is 5.82 Å². The van der Waals surface area contributed by atoms with Gasteiger partial charge in [-0.25, -0.2) is 10.8 Å². The summed E-state index contributed by atoms with van der Waals surface area (Å²) in [6.07, 6.45) is 12.9. The van der Waals surface area contributed by atoms with Crippen LogP contribution in [0, 0.1) is 28.6 Å². The molecule has 0 spiro atoms. The Morgan fingerprint density at radius 3 is 2.67 bits per heavy atom. The molecule has 1 fully saturated rings. The number of nitrogens with two attached hydrogens (primary N) is 2. The van der Waals surface area contributed by atoms with Crippen molar-refractivity contribution >= 4 is 17.9 Å². The van der Waals surface area contributed by atoms with Gasteiger partial charge < -0.3 is 16.0 Å². The Labute approximate surface area is 177 Å². The van der Waals surface area contributed by atoms with Gasteiger partial charge in [0.1, 0.15) is 18.2 Å². The summed E-state index contributed by atoms with van der Waals surface area (Å²) < 4.78 is 0. The summed E-state index contributed by atoms with van der Waals surface area (Å²) in [5.41, 5.74) is 11.3. The van der Waals surface area contributed by atoms with Crippen LogP contribution in [0.5, 0.6) is 0 Å². The van der Waals surface area contributed by atoms with E-state index in [1.54, 1.807) is 17.4 Å². The van der Waals surface area contributed by atoms with Gasteiger partial charge >= 0.3 is 0 Å². The minimum Gasteiger partial charge on any atom is -0.400 e. The van der Waals surface area contributed by atoms with E-state index < -0.39 is 0 Å². The second kappa shape index (κ2) is 9.82. The molecule has 2 heterocycles. The molecule has 0 bridgehead atoms. The van der Waals surface area contributed by atoms with Crippen molar-refractivity contribution in [1.29, 1.82) is 10.5 Å². The number of allylic oxidation sites excluding steroid dienone is 5. The summed E-state index contributed by atoms with van der Waals surface area (Å²) in [7, 11) is 1.82. The highest BCUT2D eigenvalue weighted by Crippen LogP contribution is 2.36. The van der Waals surface area contributed by atoms with Crippen molar-refractivity contribution in [3.8, 4) is 12.1 Å². The molecule has 8 heteroatoms. The zero-order chi connectivity index (χ0) is 21.5. The van der Waals surface area contributed by atoms with Crippen LogP contribution in [0.15, 0.2) is 45.9 Å². The Kier molecular flexibility index (Phi) is 6.95. The third-order valence-electron chi connectivity index (χ3n) is 5.73. The number of nitriles is 2. The van der Waals surface area contributed by atoms with Crippen molar-refractivity contribution < 1.29 is 0 Å². The Hall–Kier alpha value is -3.49. The number of hydrogen-bond donors (Lipinski definition) is 4.